The Morgan fingerprint density at radius 2 is 1.89 bits per heavy atom. The third kappa shape index (κ3) is 3.48. The summed E-state index contributed by atoms with van der Waals surface area (Å²) in [4.78, 5) is 11.4. The van der Waals surface area contributed by atoms with Gasteiger partial charge in [0.05, 0.1) is 0 Å². The van der Waals surface area contributed by atoms with Crippen molar-refractivity contribution in [2.45, 2.75) is 6.54 Å². The summed E-state index contributed by atoms with van der Waals surface area (Å²) >= 11 is 0. The number of phenolic OH excluding ortho intramolecular Hbond substituents is 1. The van der Waals surface area contributed by atoms with Crippen LogP contribution in [0.5, 0.6) is 5.75 Å². The van der Waals surface area contributed by atoms with Gasteiger partial charge in [0.1, 0.15) is 5.75 Å². The van der Waals surface area contributed by atoms with Crippen LogP contribution in [-0.2, 0) is 6.54 Å². The predicted octanol–water partition coefficient (Wildman–Crippen LogP) is 2.36. The molecule has 0 bridgehead atoms. The molecule has 4 nitrogen and oxygen atoms in total. The standard InChI is InChI=1S/C15H16N2O2/c1-16-15(19)12-5-7-13(8-6-12)17-10-11-3-2-4-14(18)9-11/h2-9,17-18H,10H2,1H3,(H,16,19). The molecule has 0 heterocycles. The van der Waals surface area contributed by atoms with E-state index in [0.29, 0.717) is 12.1 Å². The Bertz CT molecular complexity index is 565. The lowest BCUT2D eigenvalue weighted by Gasteiger charge is -2.07. The molecular weight excluding hydrogens is 240 g/mol. The second-order valence-electron chi connectivity index (χ2n) is 4.18. The molecule has 0 aliphatic rings. The van der Waals surface area contributed by atoms with Crippen molar-refractivity contribution in [1.82, 2.24) is 5.32 Å². The number of rotatable bonds is 4. The van der Waals surface area contributed by atoms with E-state index < -0.39 is 0 Å². The van der Waals surface area contributed by atoms with Crippen LogP contribution >= 0.6 is 0 Å². The largest absolute Gasteiger partial charge is 0.508 e. The van der Waals surface area contributed by atoms with Gasteiger partial charge in [0.2, 0.25) is 0 Å². The number of carbonyl (C=O) groups excluding carboxylic acids is 1. The second kappa shape index (κ2) is 5.91. The van der Waals surface area contributed by atoms with Crippen LogP contribution in [0.25, 0.3) is 0 Å². The molecule has 0 spiro atoms. The van der Waals surface area contributed by atoms with Crippen LogP contribution in [0.4, 0.5) is 5.69 Å². The highest BCUT2D eigenvalue weighted by atomic mass is 16.3. The van der Waals surface area contributed by atoms with Gasteiger partial charge in [0, 0.05) is 24.8 Å². The number of carbonyl (C=O) groups is 1. The van der Waals surface area contributed by atoms with Crippen LogP contribution in [0, 0.1) is 0 Å². The van der Waals surface area contributed by atoms with Gasteiger partial charge in [-0.3, -0.25) is 4.79 Å². The normalized spacial score (nSPS) is 9.95. The summed E-state index contributed by atoms with van der Waals surface area (Å²) < 4.78 is 0. The number of nitrogens with one attached hydrogen (secondary N) is 2. The molecule has 3 N–H and O–H groups in total. The lowest BCUT2D eigenvalue weighted by Crippen LogP contribution is -2.17. The van der Waals surface area contributed by atoms with E-state index in [4.69, 9.17) is 0 Å². The van der Waals surface area contributed by atoms with Gasteiger partial charge in [-0.25, -0.2) is 0 Å². The monoisotopic (exact) mass is 256 g/mol. The first-order chi connectivity index (χ1) is 9.19. The topological polar surface area (TPSA) is 61.4 Å². The fourth-order valence-corrected chi connectivity index (χ4v) is 1.75. The Morgan fingerprint density at radius 1 is 1.16 bits per heavy atom. The number of anilines is 1. The van der Waals surface area contributed by atoms with Gasteiger partial charge < -0.3 is 15.7 Å². The van der Waals surface area contributed by atoms with E-state index in [-0.39, 0.29) is 11.7 Å². The summed E-state index contributed by atoms with van der Waals surface area (Å²) in [6.07, 6.45) is 0. The van der Waals surface area contributed by atoms with E-state index in [1.54, 1.807) is 37.4 Å². The van der Waals surface area contributed by atoms with Crippen molar-refractivity contribution in [2.75, 3.05) is 12.4 Å². The van der Waals surface area contributed by atoms with Crippen LogP contribution in [-0.4, -0.2) is 18.1 Å². The minimum absolute atomic E-state index is 0.0977. The first-order valence-corrected chi connectivity index (χ1v) is 6.03. The second-order valence-corrected chi connectivity index (χ2v) is 4.18. The summed E-state index contributed by atoms with van der Waals surface area (Å²) in [6, 6.07) is 14.3. The summed E-state index contributed by atoms with van der Waals surface area (Å²) in [7, 11) is 1.61. The smallest absolute Gasteiger partial charge is 0.251 e. The number of amides is 1. The fraction of sp³-hybridized carbons (Fsp3) is 0.133. The highest BCUT2D eigenvalue weighted by molar-refractivity contribution is 5.94. The third-order valence-electron chi connectivity index (χ3n) is 2.78. The van der Waals surface area contributed by atoms with E-state index in [0.717, 1.165) is 11.3 Å². The molecule has 98 valence electrons. The van der Waals surface area contributed by atoms with Crippen molar-refractivity contribution >= 4 is 11.6 Å². The predicted molar refractivity (Wildman–Crippen MR) is 75.3 cm³/mol. The average Bonchev–Trinajstić information content (AvgIpc) is 2.45. The Hall–Kier alpha value is -2.49. The van der Waals surface area contributed by atoms with E-state index in [2.05, 4.69) is 10.6 Å². The van der Waals surface area contributed by atoms with Gasteiger partial charge in [0.15, 0.2) is 0 Å². The van der Waals surface area contributed by atoms with Crippen LogP contribution < -0.4 is 10.6 Å². The van der Waals surface area contributed by atoms with E-state index in [1.807, 2.05) is 18.2 Å². The quantitative estimate of drug-likeness (QED) is 0.787. The molecule has 2 aromatic rings. The molecule has 19 heavy (non-hydrogen) atoms. The number of aromatic hydroxyl groups is 1. The number of hydrogen-bond acceptors (Lipinski definition) is 3. The fourth-order valence-electron chi connectivity index (χ4n) is 1.75. The van der Waals surface area contributed by atoms with Crippen LogP contribution in [0.3, 0.4) is 0 Å². The maximum Gasteiger partial charge on any atom is 0.251 e. The minimum atomic E-state index is -0.0977. The molecule has 0 fully saturated rings. The van der Waals surface area contributed by atoms with Crippen LogP contribution in [0.15, 0.2) is 48.5 Å². The number of phenols is 1. The molecule has 0 radical (unpaired) electrons. The maximum absolute atomic E-state index is 11.4. The third-order valence-corrected chi connectivity index (χ3v) is 2.78. The van der Waals surface area contributed by atoms with Crippen molar-refractivity contribution in [2.24, 2.45) is 0 Å². The van der Waals surface area contributed by atoms with Gasteiger partial charge in [-0.05, 0) is 42.0 Å². The Kier molecular flexibility index (Phi) is 4.03. The van der Waals surface area contributed by atoms with Gasteiger partial charge >= 0.3 is 0 Å². The number of benzene rings is 2. The van der Waals surface area contributed by atoms with E-state index in [9.17, 15) is 9.90 Å². The molecule has 0 atom stereocenters. The summed E-state index contributed by atoms with van der Waals surface area (Å²) in [5.74, 6) is 0.161. The Balaban J connectivity index is 1.98. The van der Waals surface area contributed by atoms with Gasteiger partial charge in [-0.15, -0.1) is 0 Å². The van der Waals surface area contributed by atoms with Gasteiger partial charge in [0.25, 0.3) is 5.91 Å². The highest BCUT2D eigenvalue weighted by Gasteiger charge is 2.02. The van der Waals surface area contributed by atoms with Crippen molar-refractivity contribution in [3.05, 3.63) is 59.7 Å². The molecule has 2 aromatic carbocycles. The number of hydrogen-bond donors (Lipinski definition) is 3. The van der Waals surface area contributed by atoms with Crippen LogP contribution in [0.1, 0.15) is 15.9 Å². The van der Waals surface area contributed by atoms with Gasteiger partial charge in [-0.2, -0.15) is 0 Å². The summed E-state index contributed by atoms with van der Waals surface area (Å²) in [6.45, 7) is 0.619. The lowest BCUT2D eigenvalue weighted by molar-refractivity contribution is 0.0963. The molecule has 0 aliphatic carbocycles. The van der Waals surface area contributed by atoms with Crippen LogP contribution in [0.2, 0.25) is 0 Å². The highest BCUT2D eigenvalue weighted by Crippen LogP contribution is 2.14. The molecule has 0 aliphatic heterocycles. The molecule has 0 aromatic heterocycles. The Labute approximate surface area is 112 Å². The van der Waals surface area contributed by atoms with E-state index in [1.165, 1.54) is 0 Å². The molecule has 2 rings (SSSR count). The summed E-state index contributed by atoms with van der Waals surface area (Å²) in [5.41, 5.74) is 2.55. The summed E-state index contributed by atoms with van der Waals surface area (Å²) in [5, 5.41) is 15.2. The average molecular weight is 256 g/mol. The molecule has 0 saturated carbocycles. The van der Waals surface area contributed by atoms with Gasteiger partial charge in [-0.1, -0.05) is 12.1 Å². The Morgan fingerprint density at radius 3 is 2.53 bits per heavy atom. The SMILES string of the molecule is CNC(=O)c1ccc(NCc2cccc(O)c2)cc1. The molecule has 0 saturated heterocycles. The first kappa shape index (κ1) is 13.0. The van der Waals surface area contributed by atoms with Crippen molar-refractivity contribution in [3.8, 4) is 5.75 Å². The van der Waals surface area contributed by atoms with Crippen molar-refractivity contribution < 1.29 is 9.90 Å². The minimum Gasteiger partial charge on any atom is -0.508 e. The lowest BCUT2D eigenvalue weighted by atomic mass is 10.2. The van der Waals surface area contributed by atoms with Crippen molar-refractivity contribution in [1.29, 1.82) is 0 Å². The zero-order valence-corrected chi connectivity index (χ0v) is 10.7. The van der Waals surface area contributed by atoms with Crippen molar-refractivity contribution in [3.63, 3.8) is 0 Å². The zero-order valence-electron chi connectivity index (χ0n) is 10.7. The zero-order chi connectivity index (χ0) is 13.7. The molecular formula is C15H16N2O2. The molecule has 0 unspecified atom stereocenters. The molecule has 4 heteroatoms. The molecule has 1 amide bonds. The maximum atomic E-state index is 11.4. The van der Waals surface area contributed by atoms with E-state index >= 15 is 0 Å². The first-order valence-electron chi connectivity index (χ1n) is 6.03.